The van der Waals surface area contributed by atoms with Crippen LogP contribution in [0.25, 0.3) is 0 Å². The summed E-state index contributed by atoms with van der Waals surface area (Å²) in [5, 5.41) is 0. The van der Waals surface area contributed by atoms with Gasteiger partial charge in [-0.05, 0) is 105 Å². The van der Waals surface area contributed by atoms with Gasteiger partial charge in [0.1, 0.15) is 6.10 Å². The number of carbonyl (C=O) groups is 1. The Labute approximate surface area is 231 Å². The van der Waals surface area contributed by atoms with Crippen LogP contribution in [0, 0.1) is 46.3 Å². The number of rotatable bonds is 6. The zero-order valence-corrected chi connectivity index (χ0v) is 24.5. The summed E-state index contributed by atoms with van der Waals surface area (Å²) in [6, 6.07) is 0. The van der Waals surface area contributed by atoms with Crippen LogP contribution in [-0.2, 0) is 19.0 Å². The summed E-state index contributed by atoms with van der Waals surface area (Å²) >= 11 is 0. The van der Waals surface area contributed by atoms with Crippen LogP contribution in [0.1, 0.15) is 111 Å². The molecule has 1 spiro atoms. The molecule has 5 nitrogen and oxygen atoms in total. The molecule has 4 aliphatic carbocycles. The van der Waals surface area contributed by atoms with E-state index in [1.165, 1.54) is 32.1 Å². The first-order valence-corrected chi connectivity index (χ1v) is 16.1. The van der Waals surface area contributed by atoms with Crippen LogP contribution in [0.5, 0.6) is 0 Å². The molecule has 2 aliphatic heterocycles. The molecule has 0 aromatic heterocycles. The van der Waals surface area contributed by atoms with Crippen molar-refractivity contribution in [2.45, 2.75) is 129 Å². The predicted molar refractivity (Wildman–Crippen MR) is 149 cm³/mol. The summed E-state index contributed by atoms with van der Waals surface area (Å²) < 4.78 is 19.4. The molecule has 11 atom stereocenters. The number of nitrogens with two attached hydrogens (primary N) is 1. The fourth-order valence-electron chi connectivity index (χ4n) is 10.6. The minimum Gasteiger partial charge on any atom is -0.462 e. The molecular weight excluding hydrogens is 474 g/mol. The van der Waals surface area contributed by atoms with Crippen molar-refractivity contribution in [2.75, 3.05) is 13.2 Å². The van der Waals surface area contributed by atoms with Gasteiger partial charge in [0.05, 0.1) is 12.7 Å². The molecule has 5 fully saturated rings. The number of unbranched alkanes of at least 4 members (excludes halogenated alkanes) is 2. The number of esters is 1. The lowest BCUT2D eigenvalue weighted by Crippen LogP contribution is -2.52. The van der Waals surface area contributed by atoms with E-state index in [1.807, 2.05) is 0 Å². The van der Waals surface area contributed by atoms with Gasteiger partial charge in [-0.25, -0.2) is 0 Å². The Balaban J connectivity index is 1.13. The Hall–Kier alpha value is -0.910. The van der Waals surface area contributed by atoms with E-state index >= 15 is 0 Å². The van der Waals surface area contributed by atoms with Crippen molar-refractivity contribution in [3.8, 4) is 0 Å². The third-order valence-corrected chi connectivity index (χ3v) is 12.7. The number of carbonyl (C=O) groups excluding carboxylic acids is 1. The van der Waals surface area contributed by atoms with E-state index in [9.17, 15) is 4.79 Å². The second kappa shape index (κ2) is 10.2. The van der Waals surface area contributed by atoms with Crippen molar-refractivity contribution < 1.29 is 19.0 Å². The van der Waals surface area contributed by atoms with Gasteiger partial charge < -0.3 is 19.9 Å². The largest absolute Gasteiger partial charge is 0.462 e. The van der Waals surface area contributed by atoms with Gasteiger partial charge in [0, 0.05) is 25.2 Å². The molecule has 2 N–H and O–H groups in total. The SMILES string of the molecule is C[C@@H]1CC[C@@]2(OC1)O[C@H]1C[C@H]3[C@@H]4CC=C5C[C@@H](OC(=O)CCCCCN)CC[C@]5(C)[C@H]4CC[C@]3(C)[C@H]1[C@@H]2C. The maximum atomic E-state index is 12.5. The molecule has 3 saturated carbocycles. The number of hydrogen-bond acceptors (Lipinski definition) is 5. The average Bonchev–Trinajstić information content (AvgIpc) is 3.34. The Morgan fingerprint density at radius 1 is 1.08 bits per heavy atom. The van der Waals surface area contributed by atoms with Crippen LogP contribution in [0.3, 0.4) is 0 Å². The van der Waals surface area contributed by atoms with Crippen molar-refractivity contribution in [3.05, 3.63) is 11.6 Å². The molecule has 5 heteroatoms. The van der Waals surface area contributed by atoms with Gasteiger partial charge >= 0.3 is 5.97 Å². The van der Waals surface area contributed by atoms with E-state index in [0.29, 0.717) is 42.2 Å². The first-order chi connectivity index (χ1) is 18.2. The van der Waals surface area contributed by atoms with E-state index in [4.69, 9.17) is 19.9 Å². The lowest BCUT2D eigenvalue weighted by atomic mass is 9.47. The molecule has 0 aromatic rings. The number of ether oxygens (including phenoxy) is 3. The van der Waals surface area contributed by atoms with Crippen LogP contribution in [0.15, 0.2) is 11.6 Å². The van der Waals surface area contributed by atoms with Crippen LogP contribution >= 0.6 is 0 Å². The highest BCUT2D eigenvalue weighted by Gasteiger charge is 2.68. The summed E-state index contributed by atoms with van der Waals surface area (Å²) in [5.74, 6) is 3.68. The normalized spacial score (nSPS) is 49.6. The van der Waals surface area contributed by atoms with E-state index in [2.05, 4.69) is 33.8 Å². The minimum atomic E-state index is -0.321. The number of hydrogen-bond donors (Lipinski definition) is 1. The monoisotopic (exact) mass is 527 g/mol. The lowest BCUT2D eigenvalue weighted by Gasteiger charge is -2.58. The Bertz CT molecular complexity index is 924. The van der Waals surface area contributed by atoms with E-state index in [0.717, 1.165) is 69.3 Å². The van der Waals surface area contributed by atoms with Gasteiger partial charge in [-0.2, -0.15) is 0 Å². The van der Waals surface area contributed by atoms with Gasteiger partial charge in [0.2, 0.25) is 0 Å². The number of fused-ring (bicyclic) bond motifs is 7. The third kappa shape index (κ3) is 4.33. The van der Waals surface area contributed by atoms with Crippen LogP contribution in [-0.4, -0.2) is 37.1 Å². The molecule has 2 saturated heterocycles. The van der Waals surface area contributed by atoms with Crippen molar-refractivity contribution in [1.82, 2.24) is 0 Å². The molecule has 0 unspecified atom stereocenters. The molecule has 38 heavy (non-hydrogen) atoms. The summed E-state index contributed by atoms with van der Waals surface area (Å²) in [6.07, 6.45) is 16.9. The standard InChI is InChI=1S/C33H53NO4/c1-21-11-16-33(36-20-21)22(2)30-28(38-33)19-27-25-10-9-23-18-24(37-29(35)8-6-5-7-17-34)12-14-31(23,3)26(25)13-15-32(27,30)4/h9,21-22,24-28,30H,5-8,10-20,34H2,1-4H3/t21-,22+,24+,25-,26+,27+,28+,30+,31+,32+,33-/m1/s1. The Morgan fingerprint density at radius 2 is 1.92 bits per heavy atom. The summed E-state index contributed by atoms with van der Waals surface area (Å²) in [7, 11) is 0. The van der Waals surface area contributed by atoms with Crippen molar-refractivity contribution in [1.29, 1.82) is 0 Å². The number of allylic oxidation sites excluding steroid dienone is 1. The summed E-state index contributed by atoms with van der Waals surface area (Å²) in [4.78, 5) is 12.5. The highest BCUT2D eigenvalue weighted by molar-refractivity contribution is 5.69. The molecule has 6 rings (SSSR count). The minimum absolute atomic E-state index is 0.0147. The van der Waals surface area contributed by atoms with E-state index in [1.54, 1.807) is 5.57 Å². The zero-order chi connectivity index (χ0) is 26.7. The molecule has 2 heterocycles. The summed E-state index contributed by atoms with van der Waals surface area (Å²) in [5.41, 5.74) is 7.79. The molecule has 0 radical (unpaired) electrons. The third-order valence-electron chi connectivity index (χ3n) is 12.7. The van der Waals surface area contributed by atoms with Crippen molar-refractivity contribution in [2.24, 2.45) is 52.1 Å². The Morgan fingerprint density at radius 3 is 2.68 bits per heavy atom. The first-order valence-electron chi connectivity index (χ1n) is 16.1. The van der Waals surface area contributed by atoms with Crippen molar-refractivity contribution >= 4 is 5.97 Å². The van der Waals surface area contributed by atoms with Crippen LogP contribution in [0.2, 0.25) is 0 Å². The van der Waals surface area contributed by atoms with Gasteiger partial charge in [-0.15, -0.1) is 0 Å². The smallest absolute Gasteiger partial charge is 0.306 e. The van der Waals surface area contributed by atoms with Crippen LogP contribution in [0.4, 0.5) is 0 Å². The highest BCUT2D eigenvalue weighted by atomic mass is 16.7. The fourth-order valence-corrected chi connectivity index (χ4v) is 10.6. The van der Waals surface area contributed by atoms with Crippen LogP contribution < -0.4 is 5.73 Å². The maximum absolute atomic E-state index is 12.5. The molecule has 214 valence electrons. The molecule has 0 aromatic carbocycles. The second-order valence-corrected chi connectivity index (χ2v) is 14.7. The maximum Gasteiger partial charge on any atom is 0.306 e. The molecular formula is C33H53NO4. The topological polar surface area (TPSA) is 70.8 Å². The summed E-state index contributed by atoms with van der Waals surface area (Å²) in [6.45, 7) is 11.5. The Kier molecular flexibility index (Phi) is 7.30. The second-order valence-electron chi connectivity index (χ2n) is 14.7. The van der Waals surface area contributed by atoms with Gasteiger partial charge in [-0.3, -0.25) is 4.79 Å². The first kappa shape index (κ1) is 27.3. The van der Waals surface area contributed by atoms with E-state index in [-0.39, 0.29) is 23.3 Å². The van der Waals surface area contributed by atoms with Crippen molar-refractivity contribution in [3.63, 3.8) is 0 Å². The van der Waals surface area contributed by atoms with E-state index < -0.39 is 0 Å². The molecule has 6 aliphatic rings. The fraction of sp³-hybridized carbons (Fsp3) is 0.909. The average molecular weight is 528 g/mol. The highest BCUT2D eigenvalue weighted by Crippen LogP contribution is 2.70. The quantitative estimate of drug-likeness (QED) is 0.234. The lowest BCUT2D eigenvalue weighted by molar-refractivity contribution is -0.272. The molecule has 0 amide bonds. The van der Waals surface area contributed by atoms with Gasteiger partial charge in [0.25, 0.3) is 0 Å². The molecule has 0 bridgehead atoms. The van der Waals surface area contributed by atoms with Gasteiger partial charge in [0.15, 0.2) is 5.79 Å². The van der Waals surface area contributed by atoms with Gasteiger partial charge in [-0.1, -0.05) is 45.8 Å². The zero-order valence-electron chi connectivity index (χ0n) is 24.5. The predicted octanol–water partition coefficient (Wildman–Crippen LogP) is 6.78.